The molecule has 1 aromatic heterocycles. The fourth-order valence-corrected chi connectivity index (χ4v) is 3.74. The summed E-state index contributed by atoms with van der Waals surface area (Å²) in [6.07, 6.45) is 2.06. The molecule has 2 heterocycles. The first-order valence-corrected chi connectivity index (χ1v) is 8.94. The van der Waals surface area contributed by atoms with E-state index in [-0.39, 0.29) is 11.9 Å². The van der Waals surface area contributed by atoms with E-state index in [0.717, 1.165) is 46.0 Å². The fourth-order valence-electron chi connectivity index (χ4n) is 3.48. The second kappa shape index (κ2) is 6.06. The van der Waals surface area contributed by atoms with Gasteiger partial charge in [0.25, 0.3) is 5.91 Å². The summed E-state index contributed by atoms with van der Waals surface area (Å²) in [4.78, 5) is 15.1. The van der Waals surface area contributed by atoms with Gasteiger partial charge in [0.15, 0.2) is 0 Å². The van der Waals surface area contributed by atoms with Gasteiger partial charge in [0.05, 0.1) is 11.6 Å². The molecule has 0 bridgehead atoms. The molecular formula is C19H18BrN3O. The van der Waals surface area contributed by atoms with Gasteiger partial charge < -0.3 is 4.90 Å². The Morgan fingerprint density at radius 1 is 1.25 bits per heavy atom. The lowest BCUT2D eigenvalue weighted by atomic mass is 10.0. The van der Waals surface area contributed by atoms with Gasteiger partial charge in [-0.3, -0.25) is 9.89 Å². The first kappa shape index (κ1) is 15.4. The number of aromatic nitrogens is 2. The third-order valence-corrected chi connectivity index (χ3v) is 5.29. The summed E-state index contributed by atoms with van der Waals surface area (Å²) in [5, 5.41) is 8.22. The van der Waals surface area contributed by atoms with Crippen molar-refractivity contribution in [3.8, 4) is 0 Å². The summed E-state index contributed by atoms with van der Waals surface area (Å²) in [7, 11) is 0. The molecule has 0 radical (unpaired) electrons. The van der Waals surface area contributed by atoms with Gasteiger partial charge in [-0.15, -0.1) is 0 Å². The quantitative estimate of drug-likeness (QED) is 0.702. The van der Waals surface area contributed by atoms with Crippen LogP contribution in [0.15, 0.2) is 46.9 Å². The molecule has 2 aromatic carbocycles. The number of H-pyrrole nitrogens is 1. The van der Waals surface area contributed by atoms with E-state index in [1.807, 2.05) is 42.2 Å². The van der Waals surface area contributed by atoms with E-state index < -0.39 is 0 Å². The van der Waals surface area contributed by atoms with E-state index in [0.29, 0.717) is 0 Å². The third-order valence-electron chi connectivity index (χ3n) is 4.76. The summed E-state index contributed by atoms with van der Waals surface area (Å²) < 4.78 is 1.06. The van der Waals surface area contributed by atoms with E-state index in [1.54, 1.807) is 0 Å². The first-order chi connectivity index (χ1) is 11.6. The van der Waals surface area contributed by atoms with Crippen LogP contribution in [0.1, 0.15) is 40.5 Å². The number of fused-ring (bicyclic) bond motifs is 1. The number of benzene rings is 2. The van der Waals surface area contributed by atoms with Gasteiger partial charge in [0, 0.05) is 27.7 Å². The van der Waals surface area contributed by atoms with Gasteiger partial charge >= 0.3 is 0 Å². The van der Waals surface area contributed by atoms with Gasteiger partial charge in [0.2, 0.25) is 0 Å². The van der Waals surface area contributed by atoms with Crippen LogP contribution >= 0.6 is 15.9 Å². The van der Waals surface area contributed by atoms with Crippen LogP contribution < -0.4 is 0 Å². The predicted octanol–water partition coefficient (Wildman–Crippen LogP) is 4.61. The molecule has 3 aromatic rings. The highest BCUT2D eigenvalue weighted by Gasteiger charge is 2.30. The lowest BCUT2D eigenvalue weighted by molar-refractivity contribution is 0.0736. The van der Waals surface area contributed by atoms with Gasteiger partial charge in [-0.1, -0.05) is 28.1 Å². The van der Waals surface area contributed by atoms with Gasteiger partial charge in [-0.05, 0) is 55.7 Å². The highest BCUT2D eigenvalue weighted by atomic mass is 79.9. The number of nitrogens with one attached hydrogen (secondary N) is 1. The van der Waals surface area contributed by atoms with Crippen molar-refractivity contribution in [2.45, 2.75) is 25.8 Å². The molecule has 1 amide bonds. The molecule has 0 saturated carbocycles. The van der Waals surface area contributed by atoms with Crippen molar-refractivity contribution in [1.29, 1.82) is 0 Å². The second-order valence-corrected chi connectivity index (χ2v) is 7.20. The molecule has 4 nitrogen and oxygen atoms in total. The smallest absolute Gasteiger partial charge is 0.254 e. The minimum absolute atomic E-state index is 0.0999. The van der Waals surface area contributed by atoms with Crippen LogP contribution in [0.4, 0.5) is 0 Å². The van der Waals surface area contributed by atoms with Crippen molar-refractivity contribution >= 4 is 32.7 Å². The lowest BCUT2D eigenvalue weighted by Gasteiger charge is -2.25. The molecule has 1 atom stereocenters. The number of nitrogens with zero attached hydrogens (tertiary/aromatic N) is 2. The van der Waals surface area contributed by atoms with Crippen molar-refractivity contribution in [2.75, 3.05) is 6.54 Å². The van der Waals surface area contributed by atoms with Gasteiger partial charge in [-0.25, -0.2) is 0 Å². The molecule has 5 heteroatoms. The summed E-state index contributed by atoms with van der Waals surface area (Å²) >= 11 is 3.47. The molecular weight excluding hydrogens is 366 g/mol. The van der Waals surface area contributed by atoms with Crippen LogP contribution in [-0.4, -0.2) is 27.5 Å². The van der Waals surface area contributed by atoms with Crippen molar-refractivity contribution in [3.05, 3.63) is 63.8 Å². The molecule has 122 valence electrons. The number of rotatable bonds is 2. The second-order valence-electron chi connectivity index (χ2n) is 6.29. The number of likely N-dealkylation sites (tertiary alicyclic amines) is 1. The molecule has 0 unspecified atom stereocenters. The summed E-state index contributed by atoms with van der Waals surface area (Å²) in [6.45, 7) is 2.78. The lowest BCUT2D eigenvalue weighted by Crippen LogP contribution is -2.30. The Kier molecular flexibility index (Phi) is 3.88. The van der Waals surface area contributed by atoms with Crippen LogP contribution in [0.3, 0.4) is 0 Å². The van der Waals surface area contributed by atoms with Gasteiger partial charge in [-0.2, -0.15) is 5.10 Å². The number of aryl methyl sites for hydroxylation is 1. The zero-order valence-electron chi connectivity index (χ0n) is 13.4. The van der Waals surface area contributed by atoms with Crippen molar-refractivity contribution in [1.82, 2.24) is 15.1 Å². The maximum Gasteiger partial charge on any atom is 0.254 e. The number of hydrogen-bond donors (Lipinski definition) is 1. The molecule has 0 aliphatic carbocycles. The SMILES string of the molecule is Cc1[nH]nc2ccc(C(=O)N3CCC[C@H]3c3ccc(Br)cc3)cc12. The van der Waals surface area contributed by atoms with Crippen molar-refractivity contribution < 1.29 is 4.79 Å². The Hall–Kier alpha value is -2.14. The van der Waals surface area contributed by atoms with E-state index in [1.165, 1.54) is 5.56 Å². The van der Waals surface area contributed by atoms with Gasteiger partial charge in [0.1, 0.15) is 0 Å². The van der Waals surface area contributed by atoms with Crippen molar-refractivity contribution in [3.63, 3.8) is 0 Å². The normalized spacial score (nSPS) is 17.6. The van der Waals surface area contributed by atoms with Crippen LogP contribution in [0, 0.1) is 6.92 Å². The van der Waals surface area contributed by atoms with Crippen LogP contribution in [0.25, 0.3) is 10.9 Å². The fraction of sp³-hybridized carbons (Fsp3) is 0.263. The highest BCUT2D eigenvalue weighted by Crippen LogP contribution is 2.34. The maximum atomic E-state index is 13.1. The Bertz CT molecular complexity index is 901. The minimum atomic E-state index is 0.0999. The molecule has 4 rings (SSSR count). The number of amides is 1. The Morgan fingerprint density at radius 2 is 2.04 bits per heavy atom. The molecule has 1 aliphatic heterocycles. The standard InChI is InChI=1S/C19H18BrN3O/c1-12-16-11-14(6-9-17(16)22-21-12)19(24)23-10-2-3-18(23)13-4-7-15(20)8-5-13/h4-9,11,18H,2-3,10H2,1H3,(H,21,22)/t18-/m0/s1. The Morgan fingerprint density at radius 3 is 2.83 bits per heavy atom. The highest BCUT2D eigenvalue weighted by molar-refractivity contribution is 9.10. The number of carbonyl (C=O) groups excluding carboxylic acids is 1. The molecule has 1 aliphatic rings. The number of carbonyl (C=O) groups is 1. The zero-order chi connectivity index (χ0) is 16.7. The van der Waals surface area contributed by atoms with E-state index in [4.69, 9.17) is 0 Å². The molecule has 24 heavy (non-hydrogen) atoms. The van der Waals surface area contributed by atoms with Crippen LogP contribution in [0.2, 0.25) is 0 Å². The first-order valence-electron chi connectivity index (χ1n) is 8.14. The molecule has 1 saturated heterocycles. The topological polar surface area (TPSA) is 49.0 Å². The van der Waals surface area contributed by atoms with Crippen LogP contribution in [-0.2, 0) is 0 Å². The van der Waals surface area contributed by atoms with E-state index >= 15 is 0 Å². The summed E-state index contributed by atoms with van der Waals surface area (Å²) in [6, 6.07) is 14.2. The molecule has 1 N–H and O–H groups in total. The number of halogens is 1. The van der Waals surface area contributed by atoms with E-state index in [2.05, 4.69) is 38.3 Å². The summed E-state index contributed by atoms with van der Waals surface area (Å²) in [5.41, 5.74) is 3.82. The van der Waals surface area contributed by atoms with Crippen LogP contribution in [0.5, 0.6) is 0 Å². The maximum absolute atomic E-state index is 13.1. The average Bonchev–Trinajstić information content (AvgIpc) is 3.22. The Balaban J connectivity index is 1.66. The molecule has 1 fully saturated rings. The molecule has 0 spiro atoms. The average molecular weight is 384 g/mol. The van der Waals surface area contributed by atoms with E-state index in [9.17, 15) is 4.79 Å². The Labute approximate surface area is 149 Å². The number of hydrogen-bond acceptors (Lipinski definition) is 2. The third kappa shape index (κ3) is 2.63. The summed E-state index contributed by atoms with van der Waals surface area (Å²) in [5.74, 6) is 0.0999. The largest absolute Gasteiger partial charge is 0.332 e. The minimum Gasteiger partial charge on any atom is -0.332 e. The predicted molar refractivity (Wildman–Crippen MR) is 98.0 cm³/mol. The zero-order valence-corrected chi connectivity index (χ0v) is 15.0. The monoisotopic (exact) mass is 383 g/mol. The van der Waals surface area contributed by atoms with Crippen molar-refractivity contribution in [2.24, 2.45) is 0 Å². The number of aromatic amines is 1.